The van der Waals surface area contributed by atoms with Crippen LogP contribution in [0, 0.1) is 17.8 Å². The molecule has 0 N–H and O–H groups in total. The Hall–Kier alpha value is -0.840. The van der Waals surface area contributed by atoms with Gasteiger partial charge in [0.15, 0.2) is 0 Å². The number of hydrogen-bond acceptors (Lipinski definition) is 5. The van der Waals surface area contributed by atoms with Crippen LogP contribution in [0.3, 0.4) is 0 Å². The fourth-order valence-corrected chi connectivity index (χ4v) is 6.74. The van der Waals surface area contributed by atoms with E-state index in [-0.39, 0.29) is 5.60 Å². The van der Waals surface area contributed by atoms with Crippen molar-refractivity contribution < 1.29 is 9.47 Å². The molecule has 4 aliphatic rings. The molecule has 2 bridgehead atoms. The lowest BCUT2D eigenvalue weighted by atomic mass is 9.72. The number of hydrogen-bond donors (Lipinski definition) is 0. The molecule has 0 spiro atoms. The number of aromatic nitrogens is 2. The standard InChI is InChI=1S/C21H32N2O2S/c1-2-6-16(7-3-1)17-8-4-5-9-18(17)24-19-20(23-26-22-19)25-21-12-10-15(14-21)11-13-21/h15-18H,1-14H2. The van der Waals surface area contributed by atoms with Crippen molar-refractivity contribution in [3.63, 3.8) is 0 Å². The van der Waals surface area contributed by atoms with Crippen molar-refractivity contribution in [3.05, 3.63) is 0 Å². The van der Waals surface area contributed by atoms with Crippen molar-refractivity contribution in [2.75, 3.05) is 0 Å². The van der Waals surface area contributed by atoms with Crippen molar-refractivity contribution in [3.8, 4) is 11.8 Å². The summed E-state index contributed by atoms with van der Waals surface area (Å²) in [6.45, 7) is 0. The Labute approximate surface area is 161 Å². The van der Waals surface area contributed by atoms with Crippen LogP contribution < -0.4 is 9.47 Å². The smallest absolute Gasteiger partial charge is 0.291 e. The van der Waals surface area contributed by atoms with Gasteiger partial charge >= 0.3 is 0 Å². The van der Waals surface area contributed by atoms with E-state index >= 15 is 0 Å². The highest BCUT2D eigenvalue weighted by molar-refractivity contribution is 6.99. The van der Waals surface area contributed by atoms with Gasteiger partial charge in [-0.3, -0.25) is 0 Å². The topological polar surface area (TPSA) is 44.2 Å². The van der Waals surface area contributed by atoms with Gasteiger partial charge in [0.25, 0.3) is 11.8 Å². The lowest BCUT2D eigenvalue weighted by Crippen LogP contribution is -2.37. The SMILES string of the molecule is C1CCC(C2CCCCC2Oc2nsnc2OC23CCC(CC2)C3)CC1. The quantitative estimate of drug-likeness (QED) is 0.654. The first-order valence-corrected chi connectivity index (χ1v) is 11.7. The van der Waals surface area contributed by atoms with Crippen LogP contribution in [0.4, 0.5) is 0 Å². The van der Waals surface area contributed by atoms with E-state index < -0.39 is 0 Å². The Balaban J connectivity index is 1.28. The van der Waals surface area contributed by atoms with Gasteiger partial charge in [0.1, 0.15) is 11.7 Å². The second kappa shape index (κ2) is 7.29. The minimum atomic E-state index is 0.0356. The summed E-state index contributed by atoms with van der Waals surface area (Å²) in [5, 5.41) is 0. The highest BCUT2D eigenvalue weighted by Crippen LogP contribution is 2.51. The first-order valence-electron chi connectivity index (χ1n) is 11.0. The third-order valence-electron chi connectivity index (χ3n) is 7.69. The summed E-state index contributed by atoms with van der Waals surface area (Å²) in [5.41, 5.74) is 0.0356. The van der Waals surface area contributed by atoms with E-state index in [4.69, 9.17) is 9.47 Å². The van der Waals surface area contributed by atoms with Crippen LogP contribution in [-0.4, -0.2) is 20.5 Å². The normalized spacial score (nSPS) is 37.8. The van der Waals surface area contributed by atoms with Crippen molar-refractivity contribution in [2.45, 2.75) is 102 Å². The molecule has 1 aromatic rings. The Kier molecular flexibility index (Phi) is 4.84. The van der Waals surface area contributed by atoms with Gasteiger partial charge < -0.3 is 9.47 Å². The first-order chi connectivity index (χ1) is 12.8. The van der Waals surface area contributed by atoms with Crippen LogP contribution in [0.15, 0.2) is 0 Å². The van der Waals surface area contributed by atoms with Gasteiger partial charge in [0.05, 0.1) is 11.7 Å². The monoisotopic (exact) mass is 376 g/mol. The number of rotatable bonds is 5. The molecule has 4 fully saturated rings. The zero-order valence-corrected chi connectivity index (χ0v) is 16.6. The van der Waals surface area contributed by atoms with Crippen LogP contribution in [0.1, 0.15) is 89.9 Å². The predicted octanol–water partition coefficient (Wildman–Crippen LogP) is 5.77. The largest absolute Gasteiger partial charge is 0.470 e. The third kappa shape index (κ3) is 3.36. The summed E-state index contributed by atoms with van der Waals surface area (Å²) in [6, 6.07) is 0. The second-order valence-corrected chi connectivity index (χ2v) is 9.84. The molecule has 5 rings (SSSR count). The van der Waals surface area contributed by atoms with E-state index in [1.54, 1.807) is 0 Å². The molecule has 0 aromatic carbocycles. The van der Waals surface area contributed by atoms with Crippen molar-refractivity contribution >= 4 is 11.7 Å². The molecule has 0 aliphatic heterocycles. The average Bonchev–Trinajstić information content (AvgIpc) is 3.40. The van der Waals surface area contributed by atoms with E-state index in [1.165, 1.54) is 102 Å². The molecule has 4 nitrogen and oxygen atoms in total. The Morgan fingerprint density at radius 3 is 2.31 bits per heavy atom. The van der Waals surface area contributed by atoms with Crippen LogP contribution in [0.2, 0.25) is 0 Å². The molecule has 4 saturated carbocycles. The highest BCUT2D eigenvalue weighted by Gasteiger charge is 2.48. The van der Waals surface area contributed by atoms with Gasteiger partial charge in [-0.1, -0.05) is 38.5 Å². The van der Waals surface area contributed by atoms with Crippen molar-refractivity contribution in [2.24, 2.45) is 17.8 Å². The average molecular weight is 377 g/mol. The Morgan fingerprint density at radius 2 is 1.54 bits per heavy atom. The van der Waals surface area contributed by atoms with E-state index in [9.17, 15) is 0 Å². The molecule has 1 aromatic heterocycles. The maximum atomic E-state index is 6.52. The van der Waals surface area contributed by atoms with Gasteiger partial charge in [-0.15, -0.1) is 8.75 Å². The summed E-state index contributed by atoms with van der Waals surface area (Å²) < 4.78 is 21.9. The van der Waals surface area contributed by atoms with Crippen LogP contribution >= 0.6 is 11.7 Å². The summed E-state index contributed by atoms with van der Waals surface area (Å²) in [5.74, 6) is 3.81. The highest BCUT2D eigenvalue weighted by atomic mass is 32.1. The van der Waals surface area contributed by atoms with Gasteiger partial charge in [-0.2, -0.15) is 0 Å². The predicted molar refractivity (Wildman–Crippen MR) is 103 cm³/mol. The summed E-state index contributed by atoms with van der Waals surface area (Å²) >= 11 is 1.25. The number of fused-ring (bicyclic) bond motifs is 2. The van der Waals surface area contributed by atoms with E-state index in [1.807, 2.05) is 0 Å². The fraction of sp³-hybridized carbons (Fsp3) is 0.905. The maximum absolute atomic E-state index is 6.52. The van der Waals surface area contributed by atoms with Crippen LogP contribution in [0.5, 0.6) is 11.8 Å². The molecule has 4 aliphatic carbocycles. The summed E-state index contributed by atoms with van der Waals surface area (Å²) in [6.07, 6.45) is 18.7. The molecule has 0 radical (unpaired) electrons. The molecule has 5 heteroatoms. The first kappa shape index (κ1) is 17.3. The molecule has 0 amide bonds. The molecule has 2 atom stereocenters. The molecular weight excluding hydrogens is 344 g/mol. The lowest BCUT2D eigenvalue weighted by molar-refractivity contribution is 0.0290. The van der Waals surface area contributed by atoms with Gasteiger partial charge in [0.2, 0.25) is 0 Å². The zero-order valence-electron chi connectivity index (χ0n) is 15.8. The molecule has 2 unspecified atom stereocenters. The summed E-state index contributed by atoms with van der Waals surface area (Å²) in [4.78, 5) is 0. The van der Waals surface area contributed by atoms with E-state index in [2.05, 4.69) is 8.75 Å². The molecular formula is C21H32N2O2S. The Morgan fingerprint density at radius 1 is 0.808 bits per heavy atom. The van der Waals surface area contributed by atoms with E-state index in [0.29, 0.717) is 23.8 Å². The minimum Gasteiger partial charge on any atom is -0.470 e. The second-order valence-electron chi connectivity index (χ2n) is 9.31. The van der Waals surface area contributed by atoms with Gasteiger partial charge in [0, 0.05) is 0 Å². The Bertz CT molecular complexity index is 605. The van der Waals surface area contributed by atoms with Gasteiger partial charge in [-0.05, 0) is 69.1 Å². The van der Waals surface area contributed by atoms with Crippen molar-refractivity contribution in [1.29, 1.82) is 0 Å². The zero-order chi connectivity index (χ0) is 17.4. The molecule has 144 valence electrons. The van der Waals surface area contributed by atoms with E-state index in [0.717, 1.165) is 11.8 Å². The fourth-order valence-electron chi connectivity index (χ4n) is 6.31. The minimum absolute atomic E-state index is 0.0356. The number of ether oxygens (including phenoxy) is 2. The molecule has 1 heterocycles. The molecule has 26 heavy (non-hydrogen) atoms. The number of nitrogens with zero attached hydrogens (tertiary/aromatic N) is 2. The maximum Gasteiger partial charge on any atom is 0.291 e. The summed E-state index contributed by atoms with van der Waals surface area (Å²) in [7, 11) is 0. The lowest BCUT2D eigenvalue weighted by Gasteiger charge is -2.38. The van der Waals surface area contributed by atoms with Gasteiger partial charge in [-0.25, -0.2) is 0 Å². The third-order valence-corrected chi connectivity index (χ3v) is 8.19. The van der Waals surface area contributed by atoms with Crippen LogP contribution in [0.25, 0.3) is 0 Å². The van der Waals surface area contributed by atoms with Crippen LogP contribution in [-0.2, 0) is 0 Å². The van der Waals surface area contributed by atoms with Crippen molar-refractivity contribution in [1.82, 2.24) is 8.75 Å². The molecule has 0 saturated heterocycles.